The zero-order chi connectivity index (χ0) is 29.0. The van der Waals surface area contributed by atoms with Crippen molar-refractivity contribution in [3.8, 4) is 0 Å². The van der Waals surface area contributed by atoms with Crippen molar-refractivity contribution in [1.29, 1.82) is 0 Å². The molecule has 0 amide bonds. The molecule has 0 aromatic heterocycles. The number of ether oxygens (including phenoxy) is 2. The van der Waals surface area contributed by atoms with E-state index in [1.54, 1.807) is 30.3 Å². The van der Waals surface area contributed by atoms with E-state index < -0.39 is 58.3 Å². The summed E-state index contributed by atoms with van der Waals surface area (Å²) in [6, 6.07) is 7.68. The van der Waals surface area contributed by atoms with Crippen molar-refractivity contribution in [3.05, 3.63) is 60.6 Å². The van der Waals surface area contributed by atoms with Gasteiger partial charge in [0.15, 0.2) is 6.10 Å². The van der Waals surface area contributed by atoms with Crippen LogP contribution in [-0.2, 0) is 43.4 Å². The zero-order valence-electron chi connectivity index (χ0n) is 21.3. The lowest BCUT2D eigenvalue weighted by atomic mass is 10.1. The number of nitrogens with zero attached hydrogens (tertiary/aromatic N) is 2. The van der Waals surface area contributed by atoms with Crippen molar-refractivity contribution in [3.63, 3.8) is 0 Å². The van der Waals surface area contributed by atoms with Gasteiger partial charge in [0, 0.05) is 20.0 Å². The lowest BCUT2D eigenvalue weighted by Crippen LogP contribution is -2.47. The van der Waals surface area contributed by atoms with Crippen molar-refractivity contribution in [1.82, 2.24) is 9.99 Å². The Bertz CT molecular complexity index is 1220. The third-order valence-corrected chi connectivity index (χ3v) is 9.29. The molecule has 1 saturated heterocycles. The van der Waals surface area contributed by atoms with Crippen LogP contribution >= 0.6 is 15.3 Å². The topological polar surface area (TPSA) is 171 Å². The highest BCUT2D eigenvalue weighted by molar-refractivity contribution is 7.66. The standard InChI is InChI=1S/C22H30F2N4O9P2/c1-14(20(30)34-12-16-8-6-5-7-9-16)27-38(4,31)37-39(32,33-3)35-13-17-19(29)22(23,24)21(36-17)28-11-10-18(25)26-15(28)2/h5-11,14,17,19,21,29H,2,12-13H2,1,3-4H3,(H2,25,26)(H,27,31)/t14-,17+,19?,21+,38?,39?/m0/s1. The number of rotatable bonds is 12. The lowest BCUT2D eigenvalue weighted by Gasteiger charge is -2.31. The zero-order valence-corrected chi connectivity index (χ0v) is 23.1. The van der Waals surface area contributed by atoms with Crippen molar-refractivity contribution < 1.29 is 50.6 Å². The number of halogens is 2. The van der Waals surface area contributed by atoms with Crippen LogP contribution in [0.3, 0.4) is 0 Å². The average molecular weight is 594 g/mol. The fraction of sp³-hybridized carbons (Fsp3) is 0.455. The predicted molar refractivity (Wildman–Crippen MR) is 135 cm³/mol. The van der Waals surface area contributed by atoms with Gasteiger partial charge in [0.25, 0.3) is 7.52 Å². The number of benzene rings is 1. The predicted octanol–water partition coefficient (Wildman–Crippen LogP) is 2.70. The number of phosphoric ester groups is 1. The normalized spacial score (nSPS) is 26.4. The van der Waals surface area contributed by atoms with Crippen molar-refractivity contribution in [2.24, 2.45) is 10.7 Å². The molecular weight excluding hydrogens is 564 g/mol. The molecular formula is C22H30F2N4O9P2. The Morgan fingerprint density at radius 2 is 2.03 bits per heavy atom. The van der Waals surface area contributed by atoms with Crippen LogP contribution in [-0.4, -0.2) is 72.6 Å². The number of hydrogen-bond donors (Lipinski definition) is 3. The number of nitrogens with two attached hydrogens (primary N) is 1. The van der Waals surface area contributed by atoms with Gasteiger partial charge in [-0.1, -0.05) is 36.9 Å². The lowest BCUT2D eigenvalue weighted by molar-refractivity contribution is -0.148. The summed E-state index contributed by atoms with van der Waals surface area (Å²) in [4.78, 5) is 16.9. The third-order valence-electron chi connectivity index (χ3n) is 5.48. The number of esters is 1. The summed E-state index contributed by atoms with van der Waals surface area (Å²) in [5, 5.41) is 12.6. The molecule has 17 heteroatoms. The van der Waals surface area contributed by atoms with Gasteiger partial charge in [0.05, 0.1) is 6.61 Å². The number of hydrogen-bond acceptors (Lipinski definition) is 12. The molecule has 0 aliphatic carbocycles. The van der Waals surface area contributed by atoms with Crippen molar-refractivity contribution in [2.45, 2.75) is 43.9 Å². The molecule has 216 valence electrons. The van der Waals surface area contributed by atoms with E-state index >= 15 is 0 Å². The highest BCUT2D eigenvalue weighted by Gasteiger charge is 2.61. The summed E-state index contributed by atoms with van der Waals surface area (Å²) in [6.45, 7) is 4.95. The summed E-state index contributed by atoms with van der Waals surface area (Å²) < 4.78 is 80.8. The van der Waals surface area contributed by atoms with Crippen LogP contribution in [0.1, 0.15) is 12.5 Å². The highest BCUT2D eigenvalue weighted by Crippen LogP contribution is 2.61. The second-order valence-corrected chi connectivity index (χ2v) is 12.7. The minimum atomic E-state index is -4.66. The molecule has 3 rings (SSSR count). The number of alkyl halides is 2. The first-order valence-electron chi connectivity index (χ1n) is 11.5. The third kappa shape index (κ3) is 7.80. The van der Waals surface area contributed by atoms with Crippen molar-refractivity contribution >= 4 is 27.1 Å². The number of nitrogens with one attached hydrogen (secondary N) is 1. The largest absolute Gasteiger partial charge is 0.481 e. The number of phosphoric acid groups is 1. The highest BCUT2D eigenvalue weighted by atomic mass is 31.3. The van der Waals surface area contributed by atoms with E-state index in [2.05, 4.69) is 16.7 Å². The van der Waals surface area contributed by atoms with Crippen LogP contribution in [0.5, 0.6) is 0 Å². The van der Waals surface area contributed by atoms with E-state index in [1.807, 2.05) is 0 Å². The maximum atomic E-state index is 14.8. The van der Waals surface area contributed by atoms with E-state index in [9.17, 15) is 27.8 Å². The average Bonchev–Trinajstić information content (AvgIpc) is 3.09. The van der Waals surface area contributed by atoms with E-state index in [1.165, 1.54) is 13.0 Å². The number of aliphatic hydroxyl groups excluding tert-OH is 1. The molecule has 1 fully saturated rings. The molecule has 1 aromatic rings. The number of aliphatic imine (C=N–C) groups is 1. The molecule has 0 bridgehead atoms. The number of aliphatic hydroxyl groups is 1. The molecule has 1 aromatic carbocycles. The fourth-order valence-electron chi connectivity index (χ4n) is 3.55. The van der Waals surface area contributed by atoms with Gasteiger partial charge in [-0.3, -0.25) is 18.4 Å². The first-order chi connectivity index (χ1) is 18.2. The van der Waals surface area contributed by atoms with E-state index in [0.29, 0.717) is 0 Å². The van der Waals surface area contributed by atoms with Gasteiger partial charge < -0.3 is 25.2 Å². The molecule has 6 atom stereocenters. The number of carbonyl (C=O) groups is 1. The first kappa shape index (κ1) is 31.1. The Balaban J connectivity index is 1.58. The van der Waals surface area contributed by atoms with Gasteiger partial charge in [0.1, 0.15) is 30.4 Å². The van der Waals surface area contributed by atoms with Crippen LogP contribution in [0.15, 0.2) is 60.0 Å². The Morgan fingerprint density at radius 3 is 2.64 bits per heavy atom. The van der Waals surface area contributed by atoms with E-state index in [-0.39, 0.29) is 18.3 Å². The molecule has 3 unspecified atom stereocenters. The van der Waals surface area contributed by atoms with Crippen LogP contribution in [0.2, 0.25) is 0 Å². The van der Waals surface area contributed by atoms with Gasteiger partial charge in [-0.15, -0.1) is 0 Å². The molecule has 2 aliphatic heterocycles. The maximum Gasteiger partial charge on any atom is 0.481 e. The molecule has 0 spiro atoms. The Hall–Kier alpha value is -2.48. The summed E-state index contributed by atoms with van der Waals surface area (Å²) in [5.41, 5.74) is 6.25. The van der Waals surface area contributed by atoms with Gasteiger partial charge in [0.2, 0.25) is 6.23 Å². The smallest absolute Gasteiger partial charge is 0.460 e. The second-order valence-electron chi connectivity index (χ2n) is 8.62. The van der Waals surface area contributed by atoms with Gasteiger partial charge >= 0.3 is 19.7 Å². The van der Waals surface area contributed by atoms with Gasteiger partial charge in [-0.2, -0.15) is 8.78 Å². The second kappa shape index (κ2) is 12.4. The Labute approximate surface area is 223 Å². The number of amidine groups is 1. The Morgan fingerprint density at radius 1 is 1.36 bits per heavy atom. The molecule has 2 aliphatic rings. The number of carbonyl (C=O) groups excluding carboxylic acids is 1. The SMILES string of the molecule is C=C1N=C(N)C=CN1[C@@H]1O[C@H](COP(=O)(OC)OP(C)(=O)N[C@@H](C)C(=O)OCc2ccccc2)C(O)C1(F)F. The molecule has 0 radical (unpaired) electrons. The molecule has 13 nitrogen and oxygen atoms in total. The summed E-state index contributed by atoms with van der Waals surface area (Å²) >= 11 is 0. The van der Waals surface area contributed by atoms with Gasteiger partial charge in [-0.25, -0.2) is 19.0 Å². The maximum absolute atomic E-state index is 14.8. The summed E-state index contributed by atoms with van der Waals surface area (Å²) in [6.07, 6.45) is -3.75. The molecule has 2 heterocycles. The molecule has 39 heavy (non-hydrogen) atoms. The van der Waals surface area contributed by atoms with Crippen LogP contribution in [0.25, 0.3) is 0 Å². The van der Waals surface area contributed by atoms with E-state index in [0.717, 1.165) is 30.4 Å². The van der Waals surface area contributed by atoms with Gasteiger partial charge in [-0.05, 0) is 18.6 Å². The Kier molecular flexibility index (Phi) is 9.84. The van der Waals surface area contributed by atoms with E-state index in [4.69, 9.17) is 28.6 Å². The summed E-state index contributed by atoms with van der Waals surface area (Å²) in [5.74, 6) is -4.73. The molecule has 4 N–H and O–H groups in total. The first-order valence-corrected chi connectivity index (χ1v) is 15.0. The molecule has 0 saturated carbocycles. The van der Waals surface area contributed by atoms with Crippen molar-refractivity contribution in [2.75, 3.05) is 20.4 Å². The van der Waals surface area contributed by atoms with Crippen LogP contribution in [0, 0.1) is 0 Å². The minimum absolute atomic E-state index is 0.0319. The minimum Gasteiger partial charge on any atom is -0.460 e. The fourth-order valence-corrected chi connectivity index (χ4v) is 6.97. The van der Waals surface area contributed by atoms with Crippen LogP contribution < -0.4 is 10.8 Å². The summed E-state index contributed by atoms with van der Waals surface area (Å²) in [7, 11) is -7.81. The monoisotopic (exact) mass is 594 g/mol. The van der Waals surface area contributed by atoms with Crippen LogP contribution in [0.4, 0.5) is 8.78 Å². The quantitative estimate of drug-likeness (QED) is 0.239.